The first-order valence-corrected chi connectivity index (χ1v) is 9.56. The number of carbonyl (C=O) groups is 1. The minimum Gasteiger partial charge on any atom is -0.480 e. The summed E-state index contributed by atoms with van der Waals surface area (Å²) >= 11 is 1.14. The molecule has 0 aliphatic heterocycles. The molecule has 1 amide bonds. The molecule has 10 heteroatoms. The first-order chi connectivity index (χ1) is 14.3. The molecule has 6 nitrogen and oxygen atoms in total. The normalized spacial score (nSPS) is 11.6. The van der Waals surface area contributed by atoms with Gasteiger partial charge in [0, 0.05) is 11.6 Å². The number of aromatic nitrogens is 3. The molecular formula is C20H15F3N4O2S. The predicted molar refractivity (Wildman–Crippen MR) is 107 cm³/mol. The molecule has 0 atom stereocenters. The molecular weight excluding hydrogens is 417 g/mol. The number of carbonyl (C=O) groups excluding carboxylic acids is 1. The van der Waals surface area contributed by atoms with Gasteiger partial charge in [0.2, 0.25) is 5.88 Å². The zero-order valence-corrected chi connectivity index (χ0v) is 16.6. The lowest BCUT2D eigenvalue weighted by Crippen LogP contribution is -2.11. The number of halogens is 3. The number of nitrogens with one attached hydrogen (secondary N) is 1. The van der Waals surface area contributed by atoms with E-state index in [9.17, 15) is 18.0 Å². The highest BCUT2D eigenvalue weighted by molar-refractivity contribution is 7.20. The molecule has 0 saturated heterocycles. The van der Waals surface area contributed by atoms with Crippen LogP contribution in [0.15, 0.2) is 48.7 Å². The Bertz CT molecular complexity index is 1250. The maximum Gasteiger partial charge on any atom is 0.416 e. The number of rotatable bonds is 4. The molecule has 0 spiro atoms. The van der Waals surface area contributed by atoms with Gasteiger partial charge in [-0.3, -0.25) is 4.79 Å². The van der Waals surface area contributed by atoms with Crippen LogP contribution in [-0.4, -0.2) is 27.8 Å². The smallest absolute Gasteiger partial charge is 0.416 e. The first kappa shape index (κ1) is 19.9. The second-order valence-corrected chi connectivity index (χ2v) is 7.42. The van der Waals surface area contributed by atoms with E-state index >= 15 is 0 Å². The van der Waals surface area contributed by atoms with Gasteiger partial charge in [0.05, 0.1) is 28.9 Å². The Morgan fingerprint density at radius 3 is 2.73 bits per heavy atom. The van der Waals surface area contributed by atoms with E-state index in [2.05, 4.69) is 15.4 Å². The van der Waals surface area contributed by atoms with Crippen LogP contribution in [0.2, 0.25) is 0 Å². The van der Waals surface area contributed by atoms with Crippen LogP contribution in [0.25, 0.3) is 15.9 Å². The first-order valence-electron chi connectivity index (χ1n) is 8.75. The van der Waals surface area contributed by atoms with Gasteiger partial charge in [-0.2, -0.15) is 18.3 Å². The van der Waals surface area contributed by atoms with Gasteiger partial charge >= 0.3 is 6.18 Å². The van der Waals surface area contributed by atoms with E-state index in [4.69, 9.17) is 4.74 Å². The number of ether oxygens (including phenoxy) is 1. The van der Waals surface area contributed by atoms with Crippen LogP contribution in [0, 0.1) is 6.92 Å². The Balaban J connectivity index is 1.72. The van der Waals surface area contributed by atoms with Gasteiger partial charge in [-0.25, -0.2) is 9.67 Å². The van der Waals surface area contributed by atoms with Crippen molar-refractivity contribution >= 4 is 33.1 Å². The lowest BCUT2D eigenvalue weighted by Gasteiger charge is -2.09. The molecule has 0 bridgehead atoms. The van der Waals surface area contributed by atoms with Crippen molar-refractivity contribution in [1.29, 1.82) is 0 Å². The number of nitrogens with zero attached hydrogens (tertiary/aromatic N) is 3. The molecule has 4 aromatic rings. The summed E-state index contributed by atoms with van der Waals surface area (Å²) in [4.78, 5) is 17.7. The van der Waals surface area contributed by atoms with E-state index in [0.29, 0.717) is 26.5 Å². The van der Waals surface area contributed by atoms with E-state index in [0.717, 1.165) is 23.5 Å². The van der Waals surface area contributed by atoms with E-state index in [1.807, 2.05) is 0 Å². The summed E-state index contributed by atoms with van der Waals surface area (Å²) in [6.07, 6.45) is -2.92. The van der Waals surface area contributed by atoms with Crippen molar-refractivity contribution in [2.75, 3.05) is 12.4 Å². The number of methoxy groups -OCH3 is 1. The molecule has 154 valence electrons. The van der Waals surface area contributed by atoms with Gasteiger partial charge in [-0.1, -0.05) is 6.07 Å². The molecule has 30 heavy (non-hydrogen) atoms. The van der Waals surface area contributed by atoms with E-state index in [1.54, 1.807) is 37.4 Å². The summed E-state index contributed by atoms with van der Waals surface area (Å²) in [5.74, 6) is -0.101. The lowest BCUT2D eigenvalue weighted by molar-refractivity contribution is -0.137. The Hall–Kier alpha value is -3.40. The molecule has 1 aromatic carbocycles. The highest BCUT2D eigenvalue weighted by atomic mass is 32.1. The van der Waals surface area contributed by atoms with Gasteiger partial charge in [-0.05, 0) is 43.3 Å². The number of anilines is 1. The van der Waals surface area contributed by atoms with Crippen molar-refractivity contribution in [3.63, 3.8) is 0 Å². The predicted octanol–water partition coefficient (Wildman–Crippen LogP) is 5.07. The van der Waals surface area contributed by atoms with Crippen molar-refractivity contribution in [3.05, 3.63) is 64.8 Å². The van der Waals surface area contributed by atoms with E-state index in [1.165, 1.54) is 17.9 Å². The van der Waals surface area contributed by atoms with Gasteiger partial charge in [0.1, 0.15) is 10.5 Å². The van der Waals surface area contributed by atoms with Crippen LogP contribution in [0.3, 0.4) is 0 Å². The molecule has 0 radical (unpaired) electrons. The maximum atomic E-state index is 13.1. The Morgan fingerprint density at radius 2 is 2.00 bits per heavy atom. The van der Waals surface area contributed by atoms with Crippen molar-refractivity contribution < 1.29 is 22.7 Å². The summed E-state index contributed by atoms with van der Waals surface area (Å²) in [5.41, 5.74) is 0.528. The van der Waals surface area contributed by atoms with Crippen molar-refractivity contribution in [2.24, 2.45) is 0 Å². The van der Waals surface area contributed by atoms with E-state index in [-0.39, 0.29) is 17.5 Å². The minimum atomic E-state index is -4.46. The SMILES string of the molecule is COc1ncccc1NC(=O)c1cc2c(C)nn(-c3cccc(C(F)(F)F)c3)c2s1. The second kappa shape index (κ2) is 7.45. The summed E-state index contributed by atoms with van der Waals surface area (Å²) in [6.45, 7) is 1.74. The third kappa shape index (κ3) is 3.61. The number of pyridine rings is 1. The maximum absolute atomic E-state index is 13.1. The molecule has 3 aromatic heterocycles. The number of hydrogen-bond donors (Lipinski definition) is 1. The lowest BCUT2D eigenvalue weighted by atomic mass is 10.2. The average molecular weight is 432 g/mol. The van der Waals surface area contributed by atoms with Crippen LogP contribution < -0.4 is 10.1 Å². The zero-order valence-electron chi connectivity index (χ0n) is 15.8. The fourth-order valence-electron chi connectivity index (χ4n) is 2.98. The molecule has 0 unspecified atom stereocenters. The standard InChI is InChI=1S/C20H15F3N4O2S/c1-11-14-10-16(17(28)25-15-7-4-8-24-18(15)29-2)30-19(14)27(26-11)13-6-3-5-12(9-13)20(21,22)23/h3-10H,1-2H3,(H,25,28). The Labute approximate surface area is 172 Å². The number of aryl methyl sites for hydroxylation is 1. The van der Waals surface area contributed by atoms with Crippen molar-refractivity contribution in [3.8, 4) is 11.6 Å². The number of benzene rings is 1. The quantitative estimate of drug-likeness (QED) is 0.489. The molecule has 1 N–H and O–H groups in total. The summed E-state index contributed by atoms with van der Waals surface area (Å²) in [7, 11) is 1.45. The molecule has 0 saturated carbocycles. The fourth-order valence-corrected chi connectivity index (χ4v) is 4.06. The molecule has 4 rings (SSSR count). The summed E-state index contributed by atoms with van der Waals surface area (Å²) < 4.78 is 45.8. The largest absolute Gasteiger partial charge is 0.480 e. The summed E-state index contributed by atoms with van der Waals surface area (Å²) in [5, 5.41) is 7.79. The molecule has 3 heterocycles. The summed E-state index contributed by atoms with van der Waals surface area (Å²) in [6, 6.07) is 9.91. The van der Waals surface area contributed by atoms with E-state index < -0.39 is 11.7 Å². The van der Waals surface area contributed by atoms with Crippen LogP contribution in [-0.2, 0) is 6.18 Å². The molecule has 0 aliphatic carbocycles. The molecule has 0 fully saturated rings. The highest BCUT2D eigenvalue weighted by Gasteiger charge is 2.31. The number of alkyl halides is 3. The van der Waals surface area contributed by atoms with Gasteiger partial charge < -0.3 is 10.1 Å². The number of thiophene rings is 1. The number of fused-ring (bicyclic) bond motifs is 1. The minimum absolute atomic E-state index is 0.269. The monoisotopic (exact) mass is 432 g/mol. The zero-order chi connectivity index (χ0) is 21.5. The Kier molecular flexibility index (Phi) is 4.94. The highest BCUT2D eigenvalue weighted by Crippen LogP contribution is 2.34. The fraction of sp³-hybridized carbons (Fsp3) is 0.150. The van der Waals surface area contributed by atoms with Gasteiger partial charge in [0.15, 0.2) is 0 Å². The van der Waals surface area contributed by atoms with Crippen LogP contribution in [0.5, 0.6) is 5.88 Å². The number of amides is 1. The van der Waals surface area contributed by atoms with Crippen molar-refractivity contribution in [2.45, 2.75) is 13.1 Å². The average Bonchev–Trinajstić information content (AvgIpc) is 3.29. The number of hydrogen-bond acceptors (Lipinski definition) is 5. The second-order valence-electron chi connectivity index (χ2n) is 6.39. The molecule has 0 aliphatic rings. The van der Waals surface area contributed by atoms with Crippen LogP contribution >= 0.6 is 11.3 Å². The topological polar surface area (TPSA) is 69.0 Å². The van der Waals surface area contributed by atoms with Crippen LogP contribution in [0.1, 0.15) is 20.9 Å². The van der Waals surface area contributed by atoms with Crippen molar-refractivity contribution in [1.82, 2.24) is 14.8 Å². The van der Waals surface area contributed by atoms with Gasteiger partial charge in [-0.15, -0.1) is 11.3 Å². The van der Waals surface area contributed by atoms with Gasteiger partial charge in [0.25, 0.3) is 5.91 Å². The van der Waals surface area contributed by atoms with Crippen LogP contribution in [0.4, 0.5) is 18.9 Å². The third-order valence-corrected chi connectivity index (χ3v) is 5.51. The third-order valence-electron chi connectivity index (χ3n) is 4.40. The Morgan fingerprint density at radius 1 is 1.20 bits per heavy atom.